The number of halogens is 2. The second-order valence-corrected chi connectivity index (χ2v) is 8.91. The first-order valence-electron chi connectivity index (χ1n) is 6.75. The lowest BCUT2D eigenvalue weighted by Gasteiger charge is -2.14. The van der Waals surface area contributed by atoms with Gasteiger partial charge in [0.25, 0.3) is 0 Å². The Morgan fingerprint density at radius 3 is 2.87 bits per heavy atom. The van der Waals surface area contributed by atoms with Gasteiger partial charge >= 0.3 is 5.97 Å². The number of hydrogen-bond donors (Lipinski definition) is 1. The highest BCUT2D eigenvalue weighted by atomic mass is 127. The van der Waals surface area contributed by atoms with Crippen LogP contribution in [0, 0.1) is 3.70 Å². The molecule has 23 heavy (non-hydrogen) atoms. The van der Waals surface area contributed by atoms with Crippen molar-refractivity contribution in [3.8, 4) is 0 Å². The number of ether oxygens (including phenoxy) is 1. The zero-order valence-electron chi connectivity index (χ0n) is 12.0. The molecule has 2 heterocycles. The number of fused-ring (bicyclic) bond motifs is 1. The molecule has 118 valence electrons. The fraction of sp³-hybridized carbons (Fsp3) is 0.200. The van der Waals surface area contributed by atoms with Gasteiger partial charge in [-0.1, -0.05) is 24.3 Å². The van der Waals surface area contributed by atoms with E-state index >= 15 is 0 Å². The largest absolute Gasteiger partial charge is 0.462 e. The number of nitrogens with zero attached hydrogens (tertiary/aromatic N) is 3. The number of pyridine rings is 1. The van der Waals surface area contributed by atoms with E-state index in [1.54, 1.807) is 6.92 Å². The second kappa shape index (κ2) is 6.63. The highest BCUT2D eigenvalue weighted by molar-refractivity contribution is 14.1. The fourth-order valence-corrected chi connectivity index (χ4v) is 3.71. The van der Waals surface area contributed by atoms with E-state index in [0.717, 1.165) is 14.5 Å². The Labute approximate surface area is 165 Å². The van der Waals surface area contributed by atoms with Crippen LogP contribution < -0.4 is 0 Å². The van der Waals surface area contributed by atoms with Gasteiger partial charge in [0, 0.05) is 5.39 Å². The molecular formula is C15H11I2N3O2S. The number of azo groups is 1. The molecule has 0 saturated heterocycles. The molecule has 1 atom stereocenters. The molecule has 5 nitrogen and oxygen atoms in total. The van der Waals surface area contributed by atoms with E-state index in [9.17, 15) is 4.79 Å². The molecule has 3 rings (SSSR count). The van der Waals surface area contributed by atoms with E-state index < -0.39 is 8.85 Å². The summed E-state index contributed by atoms with van der Waals surface area (Å²) in [5.74, 6) is -0.471. The van der Waals surface area contributed by atoms with Gasteiger partial charge in [0.15, 0.2) is 0 Å². The van der Waals surface area contributed by atoms with E-state index in [0.29, 0.717) is 17.0 Å². The van der Waals surface area contributed by atoms with Gasteiger partial charge in [-0.3, -0.25) is 0 Å². The van der Waals surface area contributed by atoms with Gasteiger partial charge in [0.05, 0.1) is 6.61 Å². The topological polar surface area (TPSA) is 63.9 Å². The third kappa shape index (κ3) is 3.25. The number of benzene rings is 1. The Balaban J connectivity index is 2.29. The molecule has 0 saturated carbocycles. The second-order valence-electron chi connectivity index (χ2n) is 4.75. The number of aromatic nitrogens is 1. The highest BCUT2D eigenvalue weighted by Crippen LogP contribution is 2.45. The summed E-state index contributed by atoms with van der Waals surface area (Å²) in [6.07, 6.45) is 0. The Hall–Kier alpha value is -0.750. The standard InChI is InChI=1S/C15H11I2N3O2S/c1-2-22-14(21)11-13(19-20-15(11,17)23)12-9-6-4-3-5-8(9)7-10(16)18-12/h3-7,23H,2H2,1H3. The lowest BCUT2D eigenvalue weighted by Crippen LogP contribution is -2.21. The maximum atomic E-state index is 12.4. The van der Waals surface area contributed by atoms with Crippen molar-refractivity contribution in [3.63, 3.8) is 0 Å². The predicted octanol–water partition coefficient (Wildman–Crippen LogP) is 4.60. The lowest BCUT2D eigenvalue weighted by molar-refractivity contribution is -0.138. The highest BCUT2D eigenvalue weighted by Gasteiger charge is 2.41. The predicted molar refractivity (Wildman–Crippen MR) is 109 cm³/mol. The quantitative estimate of drug-likeness (QED) is 0.152. The van der Waals surface area contributed by atoms with Crippen molar-refractivity contribution in [1.82, 2.24) is 4.98 Å². The van der Waals surface area contributed by atoms with Crippen LogP contribution in [0.25, 0.3) is 16.5 Å². The summed E-state index contributed by atoms with van der Waals surface area (Å²) in [7, 11) is 0. The molecule has 0 fully saturated rings. The van der Waals surface area contributed by atoms with Crippen LogP contribution in [-0.2, 0) is 9.53 Å². The van der Waals surface area contributed by atoms with Gasteiger partial charge in [-0.15, -0.1) is 12.6 Å². The van der Waals surface area contributed by atoms with Crippen molar-refractivity contribution < 1.29 is 9.53 Å². The zero-order chi connectivity index (χ0) is 16.6. The summed E-state index contributed by atoms with van der Waals surface area (Å²) in [4.78, 5) is 17.0. The molecule has 0 spiro atoms. The molecule has 0 aliphatic carbocycles. The van der Waals surface area contributed by atoms with Gasteiger partial charge < -0.3 is 4.74 Å². The van der Waals surface area contributed by atoms with Crippen molar-refractivity contribution in [3.05, 3.63) is 45.3 Å². The third-order valence-electron chi connectivity index (χ3n) is 3.25. The van der Waals surface area contributed by atoms with Crippen LogP contribution in [0.2, 0.25) is 0 Å². The Morgan fingerprint density at radius 1 is 1.39 bits per heavy atom. The van der Waals surface area contributed by atoms with Crippen molar-refractivity contribution in [2.75, 3.05) is 6.61 Å². The van der Waals surface area contributed by atoms with Crippen molar-refractivity contribution in [2.45, 2.75) is 9.80 Å². The maximum Gasteiger partial charge on any atom is 0.340 e. The average Bonchev–Trinajstić information content (AvgIpc) is 2.82. The van der Waals surface area contributed by atoms with Crippen molar-refractivity contribution in [2.24, 2.45) is 10.2 Å². The minimum absolute atomic E-state index is 0.274. The molecular weight excluding hydrogens is 540 g/mol. The number of thiol groups is 1. The number of carbonyl (C=O) groups is 1. The summed E-state index contributed by atoms with van der Waals surface area (Å²) in [5, 5.41) is 10.2. The van der Waals surface area contributed by atoms with E-state index in [1.807, 2.05) is 52.9 Å². The summed E-state index contributed by atoms with van der Waals surface area (Å²) < 4.78 is 4.92. The lowest BCUT2D eigenvalue weighted by atomic mass is 10.1. The first-order chi connectivity index (χ1) is 10.9. The normalized spacial score (nSPS) is 20.3. The minimum atomic E-state index is -1.05. The molecule has 0 N–H and O–H groups in total. The van der Waals surface area contributed by atoms with Crippen LogP contribution in [0.1, 0.15) is 12.6 Å². The number of carbonyl (C=O) groups excluding carboxylic acids is 1. The Kier molecular flexibility index (Phi) is 4.93. The molecule has 1 aliphatic heterocycles. The van der Waals surface area contributed by atoms with Crippen molar-refractivity contribution >= 4 is 80.2 Å². The van der Waals surface area contributed by atoms with E-state index in [1.165, 1.54) is 0 Å². The van der Waals surface area contributed by atoms with Crippen molar-refractivity contribution in [1.29, 1.82) is 0 Å². The van der Waals surface area contributed by atoms with E-state index in [4.69, 9.17) is 4.74 Å². The van der Waals surface area contributed by atoms with Gasteiger partial charge in [-0.2, -0.15) is 10.2 Å². The fourth-order valence-electron chi connectivity index (χ4n) is 2.31. The van der Waals surface area contributed by atoms with E-state index in [2.05, 4.69) is 50.4 Å². The molecule has 1 aromatic heterocycles. The SMILES string of the molecule is CCOC(=O)C1=C(c2nc(I)cc3ccccc23)N=NC1(S)I. The molecule has 1 unspecified atom stereocenters. The zero-order valence-corrected chi connectivity index (χ0v) is 17.2. The van der Waals surface area contributed by atoms with Crippen LogP contribution >= 0.6 is 57.8 Å². The summed E-state index contributed by atoms with van der Waals surface area (Å²) in [6, 6.07) is 9.81. The Morgan fingerprint density at radius 2 is 2.13 bits per heavy atom. The number of hydrogen-bond acceptors (Lipinski definition) is 6. The van der Waals surface area contributed by atoms with Gasteiger partial charge in [0.2, 0.25) is 2.88 Å². The van der Waals surface area contributed by atoms with Crippen LogP contribution in [0.5, 0.6) is 0 Å². The smallest absolute Gasteiger partial charge is 0.340 e. The average molecular weight is 551 g/mol. The van der Waals surface area contributed by atoms with Crippen LogP contribution in [0.4, 0.5) is 0 Å². The van der Waals surface area contributed by atoms with Crippen LogP contribution in [0.3, 0.4) is 0 Å². The molecule has 0 bridgehead atoms. The first kappa shape index (κ1) is 17.1. The molecule has 1 aromatic carbocycles. The van der Waals surface area contributed by atoms with Gasteiger partial charge in [-0.05, 0) is 63.6 Å². The summed E-state index contributed by atoms with van der Waals surface area (Å²) in [5.41, 5.74) is 1.34. The van der Waals surface area contributed by atoms with Gasteiger partial charge in [0.1, 0.15) is 20.7 Å². The third-order valence-corrected chi connectivity index (χ3v) is 4.87. The van der Waals surface area contributed by atoms with E-state index in [-0.39, 0.29) is 6.61 Å². The molecule has 1 aliphatic rings. The number of rotatable bonds is 3. The number of esters is 1. The number of alkyl halides is 1. The molecule has 0 amide bonds. The molecule has 8 heteroatoms. The molecule has 0 radical (unpaired) electrons. The minimum Gasteiger partial charge on any atom is -0.462 e. The van der Waals surface area contributed by atoms with Gasteiger partial charge in [-0.25, -0.2) is 9.78 Å². The van der Waals surface area contributed by atoms with Crippen LogP contribution in [0.15, 0.2) is 46.1 Å². The maximum absolute atomic E-state index is 12.4. The summed E-state index contributed by atoms with van der Waals surface area (Å²) >= 11 is 8.56. The first-order valence-corrected chi connectivity index (χ1v) is 9.36. The summed E-state index contributed by atoms with van der Waals surface area (Å²) in [6.45, 7) is 2.03. The van der Waals surface area contributed by atoms with Crippen LogP contribution in [-0.4, -0.2) is 20.4 Å². The molecule has 2 aromatic rings. The Bertz CT molecular complexity index is 865. The monoisotopic (exact) mass is 551 g/mol.